The molecule has 0 unspecified atom stereocenters. The normalized spacial score (nSPS) is 11.2. The number of sulfonamides is 1. The van der Waals surface area contributed by atoms with Gasteiger partial charge in [-0.2, -0.15) is 11.8 Å². The first-order valence-electron chi connectivity index (χ1n) is 9.93. The first kappa shape index (κ1) is 22.9. The van der Waals surface area contributed by atoms with Gasteiger partial charge in [-0.05, 0) is 48.9 Å². The predicted octanol–water partition coefficient (Wildman–Crippen LogP) is 4.48. The Kier molecular flexibility index (Phi) is 7.76. The van der Waals surface area contributed by atoms with E-state index in [9.17, 15) is 13.2 Å². The van der Waals surface area contributed by atoms with Gasteiger partial charge in [-0.3, -0.25) is 9.10 Å². The molecule has 5 nitrogen and oxygen atoms in total. The van der Waals surface area contributed by atoms with E-state index >= 15 is 0 Å². The van der Waals surface area contributed by atoms with Crippen LogP contribution in [-0.4, -0.2) is 33.7 Å². The van der Waals surface area contributed by atoms with Crippen molar-refractivity contribution in [1.82, 2.24) is 5.32 Å². The highest BCUT2D eigenvalue weighted by Gasteiger charge is 2.21. The van der Waals surface area contributed by atoms with Crippen LogP contribution in [0.3, 0.4) is 0 Å². The number of carbonyl (C=O) groups is 1. The highest BCUT2D eigenvalue weighted by molar-refractivity contribution is 7.98. The van der Waals surface area contributed by atoms with Crippen molar-refractivity contribution < 1.29 is 13.2 Å². The lowest BCUT2D eigenvalue weighted by atomic mass is 10.2. The van der Waals surface area contributed by atoms with Crippen molar-refractivity contribution in [2.75, 3.05) is 23.7 Å². The number of hydrogen-bond donors (Lipinski definition) is 1. The minimum Gasteiger partial charge on any atom is -0.351 e. The van der Waals surface area contributed by atoms with Crippen molar-refractivity contribution in [1.29, 1.82) is 0 Å². The van der Waals surface area contributed by atoms with Crippen molar-refractivity contribution in [3.8, 4) is 0 Å². The number of nitrogens with zero attached hydrogens (tertiary/aromatic N) is 1. The molecule has 0 heterocycles. The number of aryl methyl sites for hydroxylation is 1. The lowest BCUT2D eigenvalue weighted by Gasteiger charge is -2.20. The molecule has 0 aliphatic rings. The predicted molar refractivity (Wildman–Crippen MR) is 128 cm³/mol. The molecule has 0 atom stereocenters. The molecule has 0 fully saturated rings. The zero-order chi connectivity index (χ0) is 22.3. The van der Waals surface area contributed by atoms with Gasteiger partial charge in [0.1, 0.15) is 0 Å². The lowest BCUT2D eigenvalue weighted by Crippen LogP contribution is -2.27. The molecule has 0 aliphatic carbocycles. The number of thioether (sulfide) groups is 1. The standard InChI is InChI=1S/C24H26N2O3S2/c1-19-8-14-23(15-9-19)31(28,29)26(2)22-12-10-21(11-13-22)24(27)25-16-17-30-18-20-6-4-3-5-7-20/h3-15H,16-18H2,1-2H3,(H,25,27). The third kappa shape index (κ3) is 6.12. The third-order valence-corrected chi connectivity index (χ3v) is 7.65. The second kappa shape index (κ2) is 10.5. The molecule has 1 N–H and O–H groups in total. The fourth-order valence-corrected chi connectivity index (χ4v) is 4.95. The van der Waals surface area contributed by atoms with Gasteiger partial charge in [0.25, 0.3) is 15.9 Å². The van der Waals surface area contributed by atoms with E-state index in [4.69, 9.17) is 0 Å². The third-order valence-electron chi connectivity index (χ3n) is 4.82. The largest absolute Gasteiger partial charge is 0.351 e. The van der Waals surface area contributed by atoms with Crippen LogP contribution in [0, 0.1) is 6.92 Å². The van der Waals surface area contributed by atoms with Crippen molar-refractivity contribution in [3.63, 3.8) is 0 Å². The van der Waals surface area contributed by atoms with E-state index in [0.29, 0.717) is 17.8 Å². The van der Waals surface area contributed by atoms with Gasteiger partial charge >= 0.3 is 0 Å². The summed E-state index contributed by atoms with van der Waals surface area (Å²) in [5.74, 6) is 1.56. The molecule has 3 aromatic rings. The zero-order valence-electron chi connectivity index (χ0n) is 17.6. The summed E-state index contributed by atoms with van der Waals surface area (Å²) in [7, 11) is -2.15. The molecule has 0 aromatic heterocycles. The van der Waals surface area contributed by atoms with Gasteiger partial charge in [0.2, 0.25) is 0 Å². The number of rotatable bonds is 9. The Morgan fingerprint density at radius 3 is 2.23 bits per heavy atom. The summed E-state index contributed by atoms with van der Waals surface area (Å²) in [6, 6.07) is 23.5. The Morgan fingerprint density at radius 1 is 0.935 bits per heavy atom. The minimum absolute atomic E-state index is 0.170. The summed E-state index contributed by atoms with van der Waals surface area (Å²) in [5, 5.41) is 2.90. The van der Waals surface area contributed by atoms with Crippen LogP contribution in [0.15, 0.2) is 83.8 Å². The van der Waals surface area contributed by atoms with E-state index in [1.165, 1.54) is 16.9 Å². The summed E-state index contributed by atoms with van der Waals surface area (Å²) >= 11 is 1.76. The molecule has 7 heteroatoms. The van der Waals surface area contributed by atoms with E-state index in [0.717, 1.165) is 17.1 Å². The summed E-state index contributed by atoms with van der Waals surface area (Å²) in [6.45, 7) is 2.48. The molecule has 0 saturated heterocycles. The van der Waals surface area contributed by atoms with Gasteiger partial charge in [0.05, 0.1) is 10.6 Å². The molecule has 31 heavy (non-hydrogen) atoms. The molecule has 0 spiro atoms. The number of carbonyl (C=O) groups excluding carboxylic acids is 1. The Hall–Kier alpha value is -2.77. The number of hydrogen-bond acceptors (Lipinski definition) is 4. The summed E-state index contributed by atoms with van der Waals surface area (Å²) in [4.78, 5) is 12.6. The molecular weight excluding hydrogens is 428 g/mol. The van der Waals surface area contributed by atoms with Gasteiger partial charge in [0, 0.05) is 30.7 Å². The van der Waals surface area contributed by atoms with Crippen molar-refractivity contribution in [3.05, 3.63) is 95.6 Å². The second-order valence-corrected chi connectivity index (χ2v) is 10.2. The summed E-state index contributed by atoms with van der Waals surface area (Å²) in [6.07, 6.45) is 0. The van der Waals surface area contributed by atoms with E-state index in [-0.39, 0.29) is 10.8 Å². The first-order chi connectivity index (χ1) is 14.9. The van der Waals surface area contributed by atoms with Gasteiger partial charge in [-0.1, -0.05) is 48.0 Å². The second-order valence-electron chi connectivity index (χ2n) is 7.13. The Balaban J connectivity index is 1.52. The molecule has 0 saturated carbocycles. The topological polar surface area (TPSA) is 66.5 Å². The van der Waals surface area contributed by atoms with Crippen LogP contribution >= 0.6 is 11.8 Å². The van der Waals surface area contributed by atoms with Crippen LogP contribution in [-0.2, 0) is 15.8 Å². The van der Waals surface area contributed by atoms with Crippen LogP contribution in [0.5, 0.6) is 0 Å². The van der Waals surface area contributed by atoms with Crippen LogP contribution < -0.4 is 9.62 Å². The fraction of sp³-hybridized carbons (Fsp3) is 0.208. The Morgan fingerprint density at radius 2 is 1.58 bits per heavy atom. The summed E-state index contributed by atoms with van der Waals surface area (Å²) in [5.41, 5.74) is 3.25. The van der Waals surface area contributed by atoms with Crippen LogP contribution in [0.2, 0.25) is 0 Å². The quantitative estimate of drug-likeness (QED) is 0.484. The molecule has 0 radical (unpaired) electrons. The first-order valence-corrected chi connectivity index (χ1v) is 12.5. The van der Waals surface area contributed by atoms with Gasteiger partial charge < -0.3 is 5.32 Å². The van der Waals surface area contributed by atoms with E-state index < -0.39 is 10.0 Å². The monoisotopic (exact) mass is 454 g/mol. The average Bonchev–Trinajstić information content (AvgIpc) is 2.79. The molecule has 0 aliphatic heterocycles. The van der Waals surface area contributed by atoms with E-state index in [2.05, 4.69) is 17.4 Å². The number of anilines is 1. The fourth-order valence-electron chi connectivity index (χ4n) is 2.93. The number of amides is 1. The molecule has 3 aromatic carbocycles. The zero-order valence-corrected chi connectivity index (χ0v) is 19.2. The van der Waals surface area contributed by atoms with Crippen LogP contribution in [0.1, 0.15) is 21.5 Å². The highest BCUT2D eigenvalue weighted by Crippen LogP contribution is 2.22. The average molecular weight is 455 g/mol. The maximum atomic E-state index is 12.8. The highest BCUT2D eigenvalue weighted by atomic mass is 32.2. The maximum Gasteiger partial charge on any atom is 0.264 e. The van der Waals surface area contributed by atoms with Gasteiger partial charge in [0.15, 0.2) is 0 Å². The SMILES string of the molecule is Cc1ccc(S(=O)(=O)N(C)c2ccc(C(=O)NCCSCc3ccccc3)cc2)cc1. The minimum atomic E-state index is -3.66. The van der Waals surface area contributed by atoms with Crippen molar-refractivity contribution in [2.24, 2.45) is 0 Å². The van der Waals surface area contributed by atoms with Gasteiger partial charge in [-0.15, -0.1) is 0 Å². The summed E-state index contributed by atoms with van der Waals surface area (Å²) < 4.78 is 26.8. The van der Waals surface area contributed by atoms with Crippen LogP contribution in [0.4, 0.5) is 5.69 Å². The van der Waals surface area contributed by atoms with E-state index in [1.54, 1.807) is 60.3 Å². The number of benzene rings is 3. The van der Waals surface area contributed by atoms with Gasteiger partial charge in [-0.25, -0.2) is 8.42 Å². The molecule has 0 bridgehead atoms. The Labute approximate surface area is 188 Å². The molecule has 3 rings (SSSR count). The lowest BCUT2D eigenvalue weighted by molar-refractivity contribution is 0.0956. The van der Waals surface area contributed by atoms with Crippen molar-refractivity contribution in [2.45, 2.75) is 17.6 Å². The van der Waals surface area contributed by atoms with Crippen molar-refractivity contribution >= 4 is 33.4 Å². The molecule has 162 valence electrons. The molecular formula is C24H26N2O3S2. The number of nitrogens with one attached hydrogen (secondary N) is 1. The smallest absolute Gasteiger partial charge is 0.264 e. The Bertz CT molecular complexity index is 1100. The van der Waals surface area contributed by atoms with Crippen LogP contribution in [0.25, 0.3) is 0 Å². The molecule has 1 amide bonds. The van der Waals surface area contributed by atoms with E-state index in [1.807, 2.05) is 25.1 Å². The maximum absolute atomic E-state index is 12.8.